The molecular weight excluding hydrogens is 458 g/mol. The van der Waals surface area contributed by atoms with Crippen molar-refractivity contribution in [2.75, 3.05) is 0 Å². The molecule has 0 saturated heterocycles. The third-order valence-corrected chi connectivity index (χ3v) is 4.73. The van der Waals surface area contributed by atoms with Gasteiger partial charge in [-0.3, -0.25) is 0 Å². The van der Waals surface area contributed by atoms with E-state index < -0.39 is 17.0 Å². The number of carboxylic acid groups (broad SMARTS) is 2. The Morgan fingerprint density at radius 3 is 1.40 bits per heavy atom. The van der Waals surface area contributed by atoms with Crippen molar-refractivity contribution in [3.8, 4) is 33.6 Å². The Labute approximate surface area is 198 Å². The van der Waals surface area contributed by atoms with Gasteiger partial charge in [-0.15, -0.1) is 0 Å². The quantitative estimate of drug-likeness (QED) is 0.322. The number of aromatic carboxylic acids is 2. The maximum atomic E-state index is 11.1. The fraction of sp³-hybridized carbons (Fsp3) is 0. The van der Waals surface area contributed by atoms with E-state index in [1.807, 2.05) is 36.7 Å². The number of pyridine rings is 2. The largest absolute Gasteiger partial charge is 0.478 e. The first kappa shape index (κ1) is 26.1. The van der Waals surface area contributed by atoms with Crippen LogP contribution in [0, 0.1) is 15.3 Å². The Hall–Kier alpha value is -5.16. The minimum atomic E-state index is -1.75. The van der Waals surface area contributed by atoms with Gasteiger partial charge in [0.2, 0.25) is 0 Å². The zero-order valence-corrected chi connectivity index (χ0v) is 17.9. The van der Waals surface area contributed by atoms with Crippen LogP contribution in [0.1, 0.15) is 20.7 Å². The average molecular weight is 477 g/mol. The molecule has 0 unspecified atom stereocenters. The third-order valence-electron chi connectivity index (χ3n) is 4.73. The van der Waals surface area contributed by atoms with Crippen LogP contribution in [0.25, 0.3) is 33.6 Å². The summed E-state index contributed by atoms with van der Waals surface area (Å²) in [6.07, 6.45) is 3.66. The van der Waals surface area contributed by atoms with Crippen LogP contribution in [0.2, 0.25) is 0 Å². The Morgan fingerprint density at radius 1 is 0.686 bits per heavy atom. The van der Waals surface area contributed by atoms with Crippen LogP contribution < -0.4 is 4.98 Å². The molecule has 11 nitrogen and oxygen atoms in total. The highest BCUT2D eigenvalue weighted by Gasteiger charge is 2.11. The van der Waals surface area contributed by atoms with Crippen molar-refractivity contribution in [2.24, 2.45) is 0 Å². The Morgan fingerprint density at radius 2 is 1.06 bits per heavy atom. The van der Waals surface area contributed by atoms with Gasteiger partial charge in [0.05, 0.1) is 27.6 Å². The van der Waals surface area contributed by atoms with Gasteiger partial charge in [0.25, 0.3) is 0 Å². The number of carboxylic acids is 2. The summed E-state index contributed by atoms with van der Waals surface area (Å²) < 4.78 is 0. The fourth-order valence-corrected chi connectivity index (χ4v) is 3.14. The van der Waals surface area contributed by atoms with Gasteiger partial charge in [-0.05, 0) is 47.5 Å². The number of carbonyl (C=O) groups is 2. The smallest absolute Gasteiger partial charge is 0.335 e. The molecule has 4 rings (SSSR count). The van der Waals surface area contributed by atoms with Gasteiger partial charge in [-0.1, -0.05) is 24.3 Å². The molecule has 11 heteroatoms. The lowest BCUT2D eigenvalue weighted by atomic mass is 10.00. The van der Waals surface area contributed by atoms with E-state index in [2.05, 4.69) is 4.98 Å². The van der Waals surface area contributed by atoms with Crippen molar-refractivity contribution < 1.29 is 35.3 Å². The van der Waals surface area contributed by atoms with Gasteiger partial charge in [0, 0.05) is 23.3 Å². The normalized spacial score (nSPS) is 9.71. The average Bonchev–Trinajstić information content (AvgIpc) is 2.84. The molecule has 0 aliphatic heterocycles. The lowest BCUT2D eigenvalue weighted by Crippen LogP contribution is -1.98. The van der Waals surface area contributed by atoms with Crippen LogP contribution in [0.3, 0.4) is 0 Å². The maximum absolute atomic E-state index is 11.1. The molecular formula is C24H19N3O8. The fourth-order valence-electron chi connectivity index (χ4n) is 3.14. The molecule has 2 heterocycles. The molecule has 0 radical (unpaired) electrons. The zero-order chi connectivity index (χ0) is 24.7. The summed E-state index contributed by atoms with van der Waals surface area (Å²) in [5.74, 6) is -1.97. The van der Waals surface area contributed by atoms with E-state index in [1.165, 1.54) is 0 Å². The van der Waals surface area contributed by atoms with Crippen LogP contribution >= 0.6 is 0 Å². The van der Waals surface area contributed by atoms with E-state index in [0.29, 0.717) is 11.4 Å². The number of hydrogen-bond acceptors (Lipinski definition) is 6. The van der Waals surface area contributed by atoms with E-state index >= 15 is 0 Å². The molecule has 4 aromatic rings. The minimum absolute atomic E-state index is 0. The molecule has 0 spiro atoms. The Bertz CT molecular complexity index is 1250. The predicted octanol–water partition coefficient (Wildman–Crippen LogP) is 3.23. The summed E-state index contributed by atoms with van der Waals surface area (Å²) in [4.78, 5) is 38.3. The van der Waals surface area contributed by atoms with Crippen LogP contribution in [-0.2, 0) is 0 Å². The van der Waals surface area contributed by atoms with Crippen molar-refractivity contribution in [2.45, 2.75) is 0 Å². The highest BCUT2D eigenvalue weighted by atomic mass is 16.9. The molecule has 0 amide bonds. The SMILES string of the molecule is O.O=C(O)c1ccc(-c2cc(-c3cc[nH+]cc3)cc(-c3ccc(C(=O)O)cc3)n2)cc1.O=[N+]([O-])[O-]. The van der Waals surface area contributed by atoms with E-state index in [-0.39, 0.29) is 16.6 Å². The van der Waals surface area contributed by atoms with Crippen LogP contribution in [-0.4, -0.2) is 37.7 Å². The lowest BCUT2D eigenvalue weighted by Gasteiger charge is -2.10. The number of hydrogen-bond donors (Lipinski definition) is 2. The second kappa shape index (κ2) is 11.6. The highest BCUT2D eigenvalue weighted by Crippen LogP contribution is 2.30. The topological polar surface area (TPSA) is 199 Å². The number of nitrogens with one attached hydrogen (secondary N) is 1. The van der Waals surface area contributed by atoms with Crippen LogP contribution in [0.5, 0.6) is 0 Å². The van der Waals surface area contributed by atoms with E-state index in [1.54, 1.807) is 48.5 Å². The third kappa shape index (κ3) is 6.91. The zero-order valence-electron chi connectivity index (χ0n) is 17.9. The van der Waals surface area contributed by atoms with Crippen molar-refractivity contribution in [1.29, 1.82) is 0 Å². The van der Waals surface area contributed by atoms with Gasteiger partial charge in [-0.2, -0.15) is 0 Å². The van der Waals surface area contributed by atoms with Crippen LogP contribution in [0.4, 0.5) is 0 Å². The molecule has 2 aromatic carbocycles. The monoisotopic (exact) mass is 477 g/mol. The molecule has 0 fully saturated rings. The first-order valence-corrected chi connectivity index (χ1v) is 9.72. The summed E-state index contributed by atoms with van der Waals surface area (Å²) in [5.41, 5.74) is 5.29. The summed E-state index contributed by atoms with van der Waals surface area (Å²) in [6.45, 7) is 0. The van der Waals surface area contributed by atoms with E-state index in [0.717, 1.165) is 22.3 Å². The van der Waals surface area contributed by atoms with Gasteiger partial charge < -0.3 is 31.0 Å². The number of aromatic amines is 1. The summed E-state index contributed by atoms with van der Waals surface area (Å²) in [7, 11) is 0. The van der Waals surface area contributed by atoms with Crippen molar-refractivity contribution >= 4 is 11.9 Å². The molecule has 0 atom stereocenters. The van der Waals surface area contributed by atoms with Gasteiger partial charge in [-0.25, -0.2) is 19.6 Å². The molecule has 2 aromatic heterocycles. The molecule has 178 valence electrons. The lowest BCUT2D eigenvalue weighted by molar-refractivity contribution is -0.402. The Kier molecular flexibility index (Phi) is 8.67. The predicted molar refractivity (Wildman–Crippen MR) is 125 cm³/mol. The molecule has 5 N–H and O–H groups in total. The summed E-state index contributed by atoms with van der Waals surface area (Å²) in [5, 5.41) is 33.0. The highest BCUT2D eigenvalue weighted by molar-refractivity contribution is 5.89. The number of benzene rings is 2. The first-order chi connectivity index (χ1) is 16.2. The minimum Gasteiger partial charge on any atom is -0.478 e. The molecule has 35 heavy (non-hydrogen) atoms. The van der Waals surface area contributed by atoms with Crippen LogP contribution in [0.15, 0.2) is 85.2 Å². The van der Waals surface area contributed by atoms with Crippen molar-refractivity contribution in [3.05, 3.63) is 112 Å². The van der Waals surface area contributed by atoms with Gasteiger partial charge in [0.1, 0.15) is 0 Å². The number of aromatic nitrogens is 2. The van der Waals surface area contributed by atoms with E-state index in [4.69, 9.17) is 30.5 Å². The number of H-pyrrole nitrogens is 1. The standard InChI is InChI=1S/C24H16N2O4.NO3.H2O/c27-23(28)18-5-1-16(2-6-18)21-13-20(15-9-11-25-12-10-15)14-22(26-21)17-3-7-19(8-4-17)24(29)30;2-1(3)4;/h1-14H,(H,27,28)(H,29,30);;1H2/q;-1;/p+1. The van der Waals surface area contributed by atoms with Crippen molar-refractivity contribution in [1.82, 2.24) is 4.98 Å². The van der Waals surface area contributed by atoms with E-state index in [9.17, 15) is 9.59 Å². The second-order valence-electron chi connectivity index (χ2n) is 6.90. The number of nitrogens with zero attached hydrogens (tertiary/aromatic N) is 2. The van der Waals surface area contributed by atoms with Gasteiger partial charge in [0.15, 0.2) is 12.4 Å². The second-order valence-corrected chi connectivity index (χ2v) is 6.90. The maximum Gasteiger partial charge on any atom is 0.335 e. The number of rotatable bonds is 5. The summed E-state index contributed by atoms with van der Waals surface area (Å²) >= 11 is 0. The molecule has 0 bridgehead atoms. The molecule has 0 aliphatic rings. The molecule has 0 aliphatic carbocycles. The Balaban J connectivity index is 0.000000804. The first-order valence-electron chi connectivity index (χ1n) is 9.72. The van der Waals surface area contributed by atoms with Gasteiger partial charge >= 0.3 is 11.9 Å². The van der Waals surface area contributed by atoms with Crippen molar-refractivity contribution in [3.63, 3.8) is 0 Å². The molecule has 0 saturated carbocycles. The summed E-state index contributed by atoms with van der Waals surface area (Å²) in [6, 6.07) is 20.9.